The van der Waals surface area contributed by atoms with Crippen LogP contribution in [0.4, 0.5) is 0 Å². The largest absolute Gasteiger partial charge is 0.340 e. The van der Waals surface area contributed by atoms with E-state index in [1.807, 2.05) is 16.7 Å². The maximum Gasteiger partial charge on any atom is 0.244 e. The van der Waals surface area contributed by atoms with Crippen LogP contribution in [0.15, 0.2) is 6.20 Å². The molecule has 0 aromatic carbocycles. The van der Waals surface area contributed by atoms with Gasteiger partial charge in [0, 0.05) is 30.1 Å². The van der Waals surface area contributed by atoms with Gasteiger partial charge in [0.05, 0.1) is 11.9 Å². The Hall–Kier alpha value is -1.08. The van der Waals surface area contributed by atoms with Crippen molar-refractivity contribution in [1.29, 1.82) is 0 Å². The van der Waals surface area contributed by atoms with Crippen molar-refractivity contribution < 1.29 is 4.79 Å². The zero-order valence-corrected chi connectivity index (χ0v) is 12.3. The van der Waals surface area contributed by atoms with E-state index in [0.29, 0.717) is 12.2 Å². The van der Waals surface area contributed by atoms with E-state index in [2.05, 4.69) is 24.2 Å². The fraction of sp³-hybridized carbons (Fsp3) is 0.750. The molecule has 0 aliphatic carbocycles. The molecule has 0 saturated carbocycles. The Labute approximate surface area is 117 Å². The van der Waals surface area contributed by atoms with Crippen molar-refractivity contribution in [3.8, 4) is 0 Å². The minimum atomic E-state index is 0.103. The first-order chi connectivity index (χ1) is 9.00. The molecule has 2 N–H and O–H groups in total. The lowest BCUT2D eigenvalue weighted by Gasteiger charge is -2.22. The van der Waals surface area contributed by atoms with Gasteiger partial charge in [-0.25, -0.2) is 4.68 Å². The summed E-state index contributed by atoms with van der Waals surface area (Å²) >= 11 is 1.93. The molecule has 1 aromatic rings. The molecule has 0 spiro atoms. The van der Waals surface area contributed by atoms with E-state index in [-0.39, 0.29) is 17.2 Å². The summed E-state index contributed by atoms with van der Waals surface area (Å²) in [6.07, 6.45) is 2.75. The Morgan fingerprint density at radius 2 is 2.32 bits per heavy atom. The second kappa shape index (κ2) is 5.92. The average molecular weight is 283 g/mol. The zero-order chi connectivity index (χ0) is 13.9. The highest BCUT2D eigenvalue weighted by molar-refractivity contribution is 8.00. The molecule has 2 heterocycles. The van der Waals surface area contributed by atoms with Gasteiger partial charge in [0.15, 0.2) is 0 Å². The van der Waals surface area contributed by atoms with Gasteiger partial charge in [-0.3, -0.25) is 4.79 Å². The van der Waals surface area contributed by atoms with Crippen LogP contribution in [-0.2, 0) is 17.9 Å². The third-order valence-electron chi connectivity index (χ3n) is 3.28. The Kier molecular flexibility index (Phi) is 4.46. The van der Waals surface area contributed by atoms with E-state index in [4.69, 9.17) is 5.73 Å². The van der Waals surface area contributed by atoms with E-state index in [1.165, 1.54) is 0 Å². The van der Waals surface area contributed by atoms with Crippen LogP contribution < -0.4 is 5.73 Å². The summed E-state index contributed by atoms with van der Waals surface area (Å²) in [6.45, 7) is 6.69. The van der Waals surface area contributed by atoms with Crippen LogP contribution in [0, 0.1) is 0 Å². The zero-order valence-electron chi connectivity index (χ0n) is 11.5. The second-order valence-corrected chi connectivity index (χ2v) is 7.15. The van der Waals surface area contributed by atoms with Gasteiger partial charge in [0.1, 0.15) is 6.54 Å². The van der Waals surface area contributed by atoms with E-state index in [0.717, 1.165) is 25.3 Å². The highest BCUT2D eigenvalue weighted by Gasteiger charge is 2.26. The molecule has 0 atom stereocenters. The fourth-order valence-electron chi connectivity index (χ4n) is 2.02. The number of carbonyl (C=O) groups is 1. The van der Waals surface area contributed by atoms with Gasteiger partial charge in [0.25, 0.3) is 0 Å². The van der Waals surface area contributed by atoms with Crippen LogP contribution in [0.2, 0.25) is 0 Å². The van der Waals surface area contributed by atoms with Gasteiger partial charge in [-0.05, 0) is 6.42 Å². The molecule has 2 rings (SSSR count). The number of nitrogens with zero attached hydrogens (tertiary/aromatic N) is 4. The van der Waals surface area contributed by atoms with Gasteiger partial charge in [-0.15, -0.1) is 5.10 Å². The molecule has 19 heavy (non-hydrogen) atoms. The van der Waals surface area contributed by atoms with Crippen molar-refractivity contribution in [2.24, 2.45) is 5.73 Å². The number of hydrogen-bond donors (Lipinski definition) is 1. The van der Waals surface area contributed by atoms with Crippen molar-refractivity contribution in [3.05, 3.63) is 11.9 Å². The van der Waals surface area contributed by atoms with E-state index in [9.17, 15) is 4.79 Å². The van der Waals surface area contributed by atoms with Crippen molar-refractivity contribution in [3.63, 3.8) is 0 Å². The molecule has 7 heteroatoms. The van der Waals surface area contributed by atoms with Crippen molar-refractivity contribution in [2.75, 3.05) is 18.8 Å². The van der Waals surface area contributed by atoms with Crippen molar-refractivity contribution >= 4 is 17.7 Å². The van der Waals surface area contributed by atoms with E-state index < -0.39 is 0 Å². The van der Waals surface area contributed by atoms with Gasteiger partial charge >= 0.3 is 0 Å². The second-order valence-electron chi connectivity index (χ2n) is 5.35. The van der Waals surface area contributed by atoms with Crippen LogP contribution in [0.5, 0.6) is 0 Å². The topological polar surface area (TPSA) is 77.0 Å². The SMILES string of the molecule is CC1(C)CCN(C(=O)Cn2cc(CN)nn2)CCS1. The number of rotatable bonds is 3. The molecule has 1 aromatic heterocycles. The van der Waals surface area contributed by atoms with E-state index in [1.54, 1.807) is 10.9 Å². The van der Waals surface area contributed by atoms with Crippen molar-refractivity contribution in [1.82, 2.24) is 19.9 Å². The molecule has 1 saturated heterocycles. The molecule has 1 aliphatic rings. The van der Waals surface area contributed by atoms with Gasteiger partial charge in [-0.2, -0.15) is 11.8 Å². The van der Waals surface area contributed by atoms with Crippen LogP contribution >= 0.6 is 11.8 Å². The Balaban J connectivity index is 1.92. The van der Waals surface area contributed by atoms with Gasteiger partial charge < -0.3 is 10.6 Å². The lowest BCUT2D eigenvalue weighted by molar-refractivity contribution is -0.131. The quantitative estimate of drug-likeness (QED) is 0.873. The summed E-state index contributed by atoms with van der Waals surface area (Å²) in [4.78, 5) is 14.1. The number of amides is 1. The molecular weight excluding hydrogens is 262 g/mol. The van der Waals surface area contributed by atoms with Crippen LogP contribution in [0.25, 0.3) is 0 Å². The van der Waals surface area contributed by atoms with Crippen LogP contribution in [0.1, 0.15) is 26.0 Å². The lowest BCUT2D eigenvalue weighted by Crippen LogP contribution is -2.36. The Bertz CT molecular complexity index is 445. The number of hydrogen-bond acceptors (Lipinski definition) is 5. The summed E-state index contributed by atoms with van der Waals surface area (Å²) in [6, 6.07) is 0. The summed E-state index contributed by atoms with van der Waals surface area (Å²) < 4.78 is 1.82. The summed E-state index contributed by atoms with van der Waals surface area (Å²) in [5, 5.41) is 7.80. The third kappa shape index (κ3) is 3.94. The number of aromatic nitrogens is 3. The molecule has 1 aliphatic heterocycles. The maximum atomic E-state index is 12.2. The standard InChI is InChI=1S/C12H21N5OS/c1-12(2)3-4-16(5-6-19-12)11(18)9-17-8-10(7-13)14-15-17/h8H,3-7,9,13H2,1-2H3. The molecule has 106 valence electrons. The highest BCUT2D eigenvalue weighted by Crippen LogP contribution is 2.30. The maximum absolute atomic E-state index is 12.2. The number of carbonyl (C=O) groups excluding carboxylic acids is 1. The normalized spacial score (nSPS) is 19.2. The monoisotopic (exact) mass is 283 g/mol. The number of nitrogens with two attached hydrogens (primary N) is 1. The summed E-state index contributed by atoms with van der Waals surface area (Å²) in [5.41, 5.74) is 6.18. The van der Waals surface area contributed by atoms with E-state index >= 15 is 0 Å². The summed E-state index contributed by atoms with van der Waals surface area (Å²) in [7, 11) is 0. The smallest absolute Gasteiger partial charge is 0.244 e. The summed E-state index contributed by atoms with van der Waals surface area (Å²) in [5.74, 6) is 1.09. The first kappa shape index (κ1) is 14.3. The minimum Gasteiger partial charge on any atom is -0.340 e. The molecule has 0 radical (unpaired) electrons. The highest BCUT2D eigenvalue weighted by atomic mass is 32.2. The molecule has 0 unspecified atom stereocenters. The van der Waals surface area contributed by atoms with Crippen LogP contribution in [-0.4, -0.2) is 49.4 Å². The van der Waals surface area contributed by atoms with Gasteiger partial charge in [0.2, 0.25) is 5.91 Å². The predicted octanol–water partition coefficient (Wildman–Crippen LogP) is 0.481. The fourth-order valence-corrected chi connectivity index (χ4v) is 3.12. The minimum absolute atomic E-state index is 0.103. The Morgan fingerprint density at radius 1 is 1.53 bits per heavy atom. The average Bonchev–Trinajstić information content (AvgIpc) is 2.72. The first-order valence-electron chi connectivity index (χ1n) is 6.51. The molecule has 1 amide bonds. The molecule has 0 bridgehead atoms. The predicted molar refractivity (Wildman–Crippen MR) is 75.6 cm³/mol. The first-order valence-corrected chi connectivity index (χ1v) is 7.49. The molecule has 1 fully saturated rings. The molecule has 6 nitrogen and oxygen atoms in total. The van der Waals surface area contributed by atoms with Crippen molar-refractivity contribution in [2.45, 2.75) is 38.1 Å². The molecular formula is C12H21N5OS. The third-order valence-corrected chi connectivity index (χ3v) is 4.66. The van der Waals surface area contributed by atoms with Gasteiger partial charge in [-0.1, -0.05) is 19.1 Å². The lowest BCUT2D eigenvalue weighted by atomic mass is 10.1. The Morgan fingerprint density at radius 3 is 3.00 bits per heavy atom. The van der Waals surface area contributed by atoms with Crippen LogP contribution in [0.3, 0.4) is 0 Å². The number of thioether (sulfide) groups is 1.